The summed E-state index contributed by atoms with van der Waals surface area (Å²) in [5.41, 5.74) is 4.44. The van der Waals surface area contributed by atoms with Gasteiger partial charge in [-0.1, -0.05) is 69.5 Å². The van der Waals surface area contributed by atoms with Gasteiger partial charge >= 0.3 is 0 Å². The lowest BCUT2D eigenvalue weighted by molar-refractivity contribution is 0.0320. The van der Waals surface area contributed by atoms with Crippen molar-refractivity contribution >= 4 is 0 Å². The highest BCUT2D eigenvalue weighted by Gasteiger charge is 2.48. The molecule has 32 heavy (non-hydrogen) atoms. The fraction of sp³-hybridized carbons (Fsp3) is 0.742. The molecule has 4 aliphatic rings. The van der Waals surface area contributed by atoms with Crippen LogP contribution in [0.25, 0.3) is 0 Å². The SMILES string of the molecule is CCCCCC=CCO[C@H]1CC[C@H](c2ccc(C34CCC(CCC)(CC3)CC4)cc2)CC1. The predicted molar refractivity (Wildman–Crippen MR) is 137 cm³/mol. The van der Waals surface area contributed by atoms with Crippen LogP contribution >= 0.6 is 0 Å². The van der Waals surface area contributed by atoms with Crippen molar-refractivity contribution in [1.29, 1.82) is 0 Å². The van der Waals surface area contributed by atoms with Gasteiger partial charge in [0.1, 0.15) is 0 Å². The molecule has 0 amide bonds. The summed E-state index contributed by atoms with van der Waals surface area (Å²) in [4.78, 5) is 0. The number of hydrogen-bond acceptors (Lipinski definition) is 1. The second-order valence-electron chi connectivity index (χ2n) is 11.4. The molecule has 0 aromatic heterocycles. The van der Waals surface area contributed by atoms with Crippen molar-refractivity contribution in [3.05, 3.63) is 47.5 Å². The molecule has 0 unspecified atom stereocenters. The first kappa shape index (κ1) is 24.1. The highest BCUT2D eigenvalue weighted by molar-refractivity contribution is 5.33. The zero-order valence-electron chi connectivity index (χ0n) is 21.0. The van der Waals surface area contributed by atoms with Crippen LogP contribution in [0.3, 0.4) is 0 Å². The van der Waals surface area contributed by atoms with Crippen molar-refractivity contribution in [3.8, 4) is 0 Å². The van der Waals surface area contributed by atoms with Gasteiger partial charge in [0.2, 0.25) is 0 Å². The van der Waals surface area contributed by atoms with E-state index in [2.05, 4.69) is 50.3 Å². The Bertz CT molecular complexity index is 682. The number of unbranched alkanes of at least 4 members (excludes halogenated alkanes) is 3. The smallest absolute Gasteiger partial charge is 0.0651 e. The van der Waals surface area contributed by atoms with Gasteiger partial charge in [-0.2, -0.15) is 0 Å². The van der Waals surface area contributed by atoms with E-state index in [9.17, 15) is 0 Å². The van der Waals surface area contributed by atoms with Gasteiger partial charge in [0.05, 0.1) is 12.7 Å². The summed E-state index contributed by atoms with van der Waals surface area (Å²) in [5.74, 6) is 0.737. The third-order valence-corrected chi connectivity index (χ3v) is 9.42. The number of allylic oxidation sites excluding steroid dienone is 1. The molecule has 0 saturated heterocycles. The lowest BCUT2D eigenvalue weighted by Crippen LogP contribution is -2.44. The second-order valence-corrected chi connectivity index (χ2v) is 11.4. The van der Waals surface area contributed by atoms with Crippen LogP contribution in [0.1, 0.15) is 134 Å². The molecule has 0 aliphatic heterocycles. The Morgan fingerprint density at radius 3 is 2.12 bits per heavy atom. The Balaban J connectivity index is 1.22. The van der Waals surface area contributed by atoms with E-state index >= 15 is 0 Å². The minimum atomic E-state index is 0.470. The van der Waals surface area contributed by atoms with E-state index < -0.39 is 0 Å². The standard InChI is InChI=1S/C31H48O/c1-3-5-6-7-8-9-25-32-29-16-12-27(13-17-29)26-10-14-28(15-11-26)31-22-19-30(18-4-2,20-23-31)21-24-31/h8-11,14-15,27,29H,3-7,12-13,16-25H2,1-2H3/t27-,29-,30?,31?. The van der Waals surface area contributed by atoms with Crippen molar-refractivity contribution < 1.29 is 4.74 Å². The maximum Gasteiger partial charge on any atom is 0.0651 e. The third kappa shape index (κ3) is 5.69. The number of hydrogen-bond donors (Lipinski definition) is 0. The van der Waals surface area contributed by atoms with E-state index in [1.807, 2.05) is 0 Å². The first-order valence-electron chi connectivity index (χ1n) is 14.1. The molecule has 1 heteroatoms. The Morgan fingerprint density at radius 1 is 0.812 bits per heavy atom. The molecule has 0 atom stereocenters. The number of benzene rings is 1. The lowest BCUT2D eigenvalue weighted by atomic mass is 9.51. The minimum absolute atomic E-state index is 0.470. The highest BCUT2D eigenvalue weighted by Crippen LogP contribution is 2.59. The number of rotatable bonds is 11. The molecule has 0 radical (unpaired) electrons. The molecule has 1 aromatic carbocycles. The zero-order valence-corrected chi connectivity index (χ0v) is 21.0. The fourth-order valence-electron chi connectivity index (χ4n) is 7.16. The Morgan fingerprint density at radius 2 is 1.50 bits per heavy atom. The summed E-state index contributed by atoms with van der Waals surface area (Å²) in [6, 6.07) is 9.99. The molecular weight excluding hydrogens is 388 g/mol. The summed E-state index contributed by atoms with van der Waals surface area (Å²) < 4.78 is 6.14. The Kier molecular flexibility index (Phi) is 8.55. The summed E-state index contributed by atoms with van der Waals surface area (Å²) in [5, 5.41) is 0. The zero-order chi connectivity index (χ0) is 22.3. The first-order chi connectivity index (χ1) is 15.7. The largest absolute Gasteiger partial charge is 0.374 e. The van der Waals surface area contributed by atoms with E-state index in [1.165, 1.54) is 103 Å². The summed E-state index contributed by atoms with van der Waals surface area (Å²) in [6.45, 7) is 5.44. The van der Waals surface area contributed by atoms with Crippen molar-refractivity contribution in [1.82, 2.24) is 0 Å². The van der Waals surface area contributed by atoms with E-state index in [0.717, 1.165) is 12.5 Å². The molecule has 5 rings (SSSR count). The van der Waals surface area contributed by atoms with Crippen LogP contribution < -0.4 is 0 Å². The van der Waals surface area contributed by atoms with E-state index in [-0.39, 0.29) is 0 Å². The minimum Gasteiger partial charge on any atom is -0.374 e. The molecule has 1 aromatic rings. The van der Waals surface area contributed by atoms with E-state index in [4.69, 9.17) is 4.74 Å². The Hall–Kier alpha value is -1.08. The summed E-state index contributed by atoms with van der Waals surface area (Å²) in [6.07, 6.45) is 26.8. The molecular formula is C31H48O. The second kappa shape index (κ2) is 11.4. The molecule has 4 fully saturated rings. The van der Waals surface area contributed by atoms with Crippen molar-refractivity contribution in [3.63, 3.8) is 0 Å². The van der Waals surface area contributed by atoms with Crippen LogP contribution in [0.5, 0.6) is 0 Å². The fourth-order valence-corrected chi connectivity index (χ4v) is 7.16. The van der Waals surface area contributed by atoms with Crippen molar-refractivity contribution in [2.24, 2.45) is 5.41 Å². The number of fused-ring (bicyclic) bond motifs is 3. The average Bonchev–Trinajstić information content (AvgIpc) is 2.85. The van der Waals surface area contributed by atoms with Crippen LogP contribution in [0, 0.1) is 5.41 Å². The van der Waals surface area contributed by atoms with Crippen LogP contribution in [0.15, 0.2) is 36.4 Å². The van der Waals surface area contributed by atoms with Gasteiger partial charge in [0.15, 0.2) is 0 Å². The molecule has 0 N–H and O–H groups in total. The van der Waals surface area contributed by atoms with Gasteiger partial charge in [-0.15, -0.1) is 0 Å². The molecule has 0 spiro atoms. The molecule has 178 valence electrons. The number of ether oxygens (including phenoxy) is 1. The Labute approximate surface area is 198 Å². The van der Waals surface area contributed by atoms with Gasteiger partial charge < -0.3 is 4.74 Å². The van der Waals surface area contributed by atoms with Gasteiger partial charge in [-0.3, -0.25) is 0 Å². The maximum atomic E-state index is 6.14. The average molecular weight is 437 g/mol. The topological polar surface area (TPSA) is 9.23 Å². The van der Waals surface area contributed by atoms with Gasteiger partial charge in [0, 0.05) is 0 Å². The van der Waals surface area contributed by atoms with E-state index in [1.54, 1.807) is 11.1 Å². The van der Waals surface area contributed by atoms with Crippen molar-refractivity contribution in [2.75, 3.05) is 6.61 Å². The van der Waals surface area contributed by atoms with E-state index in [0.29, 0.717) is 16.9 Å². The summed E-state index contributed by atoms with van der Waals surface area (Å²) >= 11 is 0. The summed E-state index contributed by atoms with van der Waals surface area (Å²) in [7, 11) is 0. The van der Waals surface area contributed by atoms with Crippen LogP contribution in [-0.4, -0.2) is 12.7 Å². The quantitative estimate of drug-likeness (QED) is 0.248. The molecule has 1 nitrogen and oxygen atoms in total. The predicted octanol–water partition coefficient (Wildman–Crippen LogP) is 9.26. The van der Waals surface area contributed by atoms with Gasteiger partial charge in [-0.25, -0.2) is 0 Å². The first-order valence-corrected chi connectivity index (χ1v) is 14.1. The van der Waals surface area contributed by atoms with Crippen LogP contribution in [-0.2, 0) is 10.2 Å². The molecule has 4 aliphatic carbocycles. The van der Waals surface area contributed by atoms with Gasteiger partial charge in [-0.05, 0) is 111 Å². The van der Waals surface area contributed by atoms with Crippen molar-refractivity contribution in [2.45, 2.75) is 134 Å². The third-order valence-electron chi connectivity index (χ3n) is 9.42. The molecule has 4 saturated carbocycles. The van der Waals surface area contributed by atoms with Crippen LogP contribution in [0.2, 0.25) is 0 Å². The van der Waals surface area contributed by atoms with Gasteiger partial charge in [0.25, 0.3) is 0 Å². The monoisotopic (exact) mass is 436 g/mol. The molecule has 2 bridgehead atoms. The highest BCUT2D eigenvalue weighted by atomic mass is 16.5. The lowest BCUT2D eigenvalue weighted by Gasteiger charge is -2.54. The normalized spacial score (nSPS) is 32.6. The van der Waals surface area contributed by atoms with Crippen LogP contribution in [0.4, 0.5) is 0 Å². The maximum absolute atomic E-state index is 6.14. The molecule has 0 heterocycles.